The summed E-state index contributed by atoms with van der Waals surface area (Å²) in [6.07, 6.45) is 0. The number of nitrogens with one attached hydrogen (secondary N) is 1. The number of benzene rings is 1. The van der Waals surface area contributed by atoms with Crippen LogP contribution in [0.15, 0.2) is 45.3 Å². The SMILES string of the molecule is Cc1ccsc1-c1cccc(Nc2c(C#N)c(=O)n(C)c(=O)n2C)c1. The van der Waals surface area contributed by atoms with Crippen LogP contribution in [0.5, 0.6) is 0 Å². The minimum Gasteiger partial charge on any atom is -0.340 e. The number of rotatable bonds is 3. The topological polar surface area (TPSA) is 79.8 Å². The molecule has 6 nitrogen and oxygen atoms in total. The fraction of sp³-hybridized carbons (Fsp3) is 0.167. The van der Waals surface area contributed by atoms with Crippen LogP contribution in [-0.4, -0.2) is 9.13 Å². The van der Waals surface area contributed by atoms with E-state index in [1.165, 1.54) is 24.2 Å². The maximum absolute atomic E-state index is 12.2. The van der Waals surface area contributed by atoms with Gasteiger partial charge in [0.2, 0.25) is 0 Å². The van der Waals surface area contributed by atoms with E-state index in [1.807, 2.05) is 42.6 Å². The first-order valence-corrected chi connectivity index (χ1v) is 8.43. The normalized spacial score (nSPS) is 10.5. The third-order valence-corrected chi connectivity index (χ3v) is 5.09. The molecule has 2 aromatic heterocycles. The van der Waals surface area contributed by atoms with Crippen molar-refractivity contribution in [3.63, 3.8) is 0 Å². The quantitative estimate of drug-likeness (QED) is 0.786. The number of nitrogens with zero attached hydrogens (tertiary/aromatic N) is 3. The third kappa shape index (κ3) is 2.88. The van der Waals surface area contributed by atoms with Crippen molar-refractivity contribution < 1.29 is 0 Å². The Labute approximate surface area is 148 Å². The molecule has 0 bridgehead atoms. The van der Waals surface area contributed by atoms with Gasteiger partial charge in [0.05, 0.1) is 0 Å². The molecule has 1 aromatic carbocycles. The van der Waals surface area contributed by atoms with Crippen LogP contribution in [0.3, 0.4) is 0 Å². The van der Waals surface area contributed by atoms with Crippen LogP contribution in [-0.2, 0) is 14.1 Å². The summed E-state index contributed by atoms with van der Waals surface area (Å²) in [7, 11) is 2.88. The van der Waals surface area contributed by atoms with Crippen LogP contribution in [0.4, 0.5) is 11.5 Å². The van der Waals surface area contributed by atoms with Gasteiger partial charge in [0, 0.05) is 24.7 Å². The number of aryl methyl sites for hydroxylation is 1. The first kappa shape index (κ1) is 16.7. The van der Waals surface area contributed by atoms with E-state index in [9.17, 15) is 14.9 Å². The lowest BCUT2D eigenvalue weighted by Gasteiger charge is -2.14. The molecule has 126 valence electrons. The van der Waals surface area contributed by atoms with Gasteiger partial charge in [-0.1, -0.05) is 12.1 Å². The monoisotopic (exact) mass is 352 g/mol. The van der Waals surface area contributed by atoms with Gasteiger partial charge in [-0.15, -0.1) is 11.3 Å². The number of thiophene rings is 1. The van der Waals surface area contributed by atoms with Crippen molar-refractivity contribution >= 4 is 22.8 Å². The van der Waals surface area contributed by atoms with Crippen molar-refractivity contribution in [1.82, 2.24) is 9.13 Å². The van der Waals surface area contributed by atoms with E-state index in [1.54, 1.807) is 11.3 Å². The highest BCUT2D eigenvalue weighted by molar-refractivity contribution is 7.13. The first-order valence-electron chi connectivity index (χ1n) is 7.55. The minimum atomic E-state index is -0.613. The molecular formula is C18H16N4O2S. The van der Waals surface area contributed by atoms with Crippen molar-refractivity contribution in [2.24, 2.45) is 14.1 Å². The molecule has 25 heavy (non-hydrogen) atoms. The van der Waals surface area contributed by atoms with Gasteiger partial charge in [-0.3, -0.25) is 13.9 Å². The number of aromatic nitrogens is 2. The summed E-state index contributed by atoms with van der Waals surface area (Å²) in [6, 6.07) is 11.6. The summed E-state index contributed by atoms with van der Waals surface area (Å²) in [5, 5.41) is 14.4. The molecule has 3 aromatic rings. The van der Waals surface area contributed by atoms with Crippen molar-refractivity contribution in [1.29, 1.82) is 5.26 Å². The van der Waals surface area contributed by atoms with Crippen LogP contribution in [0.1, 0.15) is 11.1 Å². The minimum absolute atomic E-state index is 0.0951. The standard InChI is InChI=1S/C18H16N4O2S/c1-11-7-8-25-15(11)12-5-4-6-13(9-12)20-16-14(10-19)17(23)22(3)18(24)21(16)2/h4-9,20H,1-3H3. The second kappa shape index (κ2) is 6.42. The zero-order chi connectivity index (χ0) is 18.1. The highest BCUT2D eigenvalue weighted by Crippen LogP contribution is 2.31. The van der Waals surface area contributed by atoms with Gasteiger partial charge in [0.25, 0.3) is 5.56 Å². The summed E-state index contributed by atoms with van der Waals surface area (Å²) in [5.41, 5.74) is 1.72. The molecule has 0 amide bonds. The van der Waals surface area contributed by atoms with Crippen LogP contribution in [0, 0.1) is 18.3 Å². The molecule has 3 rings (SSSR count). The summed E-state index contributed by atoms with van der Waals surface area (Å²) in [5.74, 6) is 0.190. The molecule has 1 N–H and O–H groups in total. The molecular weight excluding hydrogens is 336 g/mol. The second-order valence-electron chi connectivity index (χ2n) is 5.68. The van der Waals surface area contributed by atoms with Gasteiger partial charge < -0.3 is 5.32 Å². The van der Waals surface area contributed by atoms with E-state index in [-0.39, 0.29) is 11.4 Å². The number of nitriles is 1. The largest absolute Gasteiger partial charge is 0.340 e. The van der Waals surface area contributed by atoms with E-state index in [4.69, 9.17) is 0 Å². The van der Waals surface area contributed by atoms with Gasteiger partial charge in [0.1, 0.15) is 11.9 Å². The predicted molar refractivity (Wildman–Crippen MR) is 99.4 cm³/mol. The molecule has 0 saturated carbocycles. The van der Waals surface area contributed by atoms with E-state index in [0.29, 0.717) is 5.69 Å². The summed E-state index contributed by atoms with van der Waals surface area (Å²) in [6.45, 7) is 2.05. The first-order chi connectivity index (χ1) is 11.9. The molecule has 0 saturated heterocycles. The Balaban J connectivity index is 2.11. The molecule has 0 atom stereocenters. The lowest BCUT2D eigenvalue weighted by molar-refractivity contribution is 0.689. The maximum atomic E-state index is 12.2. The number of hydrogen-bond donors (Lipinski definition) is 1. The maximum Gasteiger partial charge on any atom is 0.332 e. The van der Waals surface area contributed by atoms with Gasteiger partial charge >= 0.3 is 5.69 Å². The van der Waals surface area contributed by atoms with Crippen LogP contribution in [0.2, 0.25) is 0 Å². The molecule has 0 unspecified atom stereocenters. The average molecular weight is 352 g/mol. The van der Waals surface area contributed by atoms with Crippen molar-refractivity contribution in [3.05, 3.63) is 67.7 Å². The predicted octanol–water partition coefficient (Wildman–Crippen LogP) is 2.74. The Bertz CT molecular complexity index is 1120. The van der Waals surface area contributed by atoms with Gasteiger partial charge in [-0.2, -0.15) is 5.26 Å². The molecule has 0 radical (unpaired) electrons. The van der Waals surface area contributed by atoms with Gasteiger partial charge in [-0.05, 0) is 41.6 Å². The lowest BCUT2D eigenvalue weighted by Crippen LogP contribution is -2.39. The molecule has 0 aliphatic heterocycles. The molecule has 0 aliphatic carbocycles. The molecule has 7 heteroatoms. The molecule has 0 spiro atoms. The van der Waals surface area contributed by atoms with Crippen molar-refractivity contribution in [2.45, 2.75) is 6.92 Å². The fourth-order valence-corrected chi connectivity index (χ4v) is 3.56. The Morgan fingerprint density at radius 1 is 1.16 bits per heavy atom. The highest BCUT2D eigenvalue weighted by atomic mass is 32.1. The Hall–Kier alpha value is -3.11. The van der Waals surface area contributed by atoms with Crippen LogP contribution >= 0.6 is 11.3 Å². The average Bonchev–Trinajstić information content (AvgIpc) is 3.04. The lowest BCUT2D eigenvalue weighted by atomic mass is 10.1. The molecule has 2 heterocycles. The Morgan fingerprint density at radius 2 is 1.92 bits per heavy atom. The van der Waals surface area contributed by atoms with Gasteiger partial charge in [0.15, 0.2) is 5.56 Å². The summed E-state index contributed by atoms with van der Waals surface area (Å²) >= 11 is 1.65. The van der Waals surface area contributed by atoms with Crippen LogP contribution in [0.25, 0.3) is 10.4 Å². The van der Waals surface area contributed by atoms with Crippen LogP contribution < -0.4 is 16.6 Å². The van der Waals surface area contributed by atoms with E-state index in [0.717, 1.165) is 15.0 Å². The van der Waals surface area contributed by atoms with E-state index in [2.05, 4.69) is 11.4 Å². The van der Waals surface area contributed by atoms with E-state index < -0.39 is 11.2 Å². The number of hydrogen-bond acceptors (Lipinski definition) is 5. The smallest absolute Gasteiger partial charge is 0.332 e. The Morgan fingerprint density at radius 3 is 2.56 bits per heavy atom. The molecule has 0 fully saturated rings. The van der Waals surface area contributed by atoms with Crippen molar-refractivity contribution in [2.75, 3.05) is 5.32 Å². The third-order valence-electron chi connectivity index (χ3n) is 4.03. The van der Waals surface area contributed by atoms with Gasteiger partial charge in [-0.25, -0.2) is 4.79 Å². The summed E-state index contributed by atoms with van der Waals surface area (Å²) < 4.78 is 2.19. The zero-order valence-electron chi connectivity index (χ0n) is 14.0. The molecule has 0 aliphatic rings. The highest BCUT2D eigenvalue weighted by Gasteiger charge is 2.15. The summed E-state index contributed by atoms with van der Waals surface area (Å²) in [4.78, 5) is 25.5. The zero-order valence-corrected chi connectivity index (χ0v) is 14.8. The van der Waals surface area contributed by atoms with E-state index >= 15 is 0 Å². The second-order valence-corrected chi connectivity index (χ2v) is 6.60. The fourth-order valence-electron chi connectivity index (χ4n) is 2.63. The van der Waals surface area contributed by atoms with Crippen molar-refractivity contribution in [3.8, 4) is 16.5 Å². The Kier molecular flexibility index (Phi) is 4.30. The number of anilines is 2.